The Balaban J connectivity index is 1.68. The second kappa shape index (κ2) is 4.59. The summed E-state index contributed by atoms with van der Waals surface area (Å²) < 4.78 is 4.98. The molecule has 0 bridgehead atoms. The van der Waals surface area contributed by atoms with Gasteiger partial charge >= 0.3 is 5.76 Å². The number of rotatable bonds is 4. The van der Waals surface area contributed by atoms with E-state index in [0.29, 0.717) is 11.6 Å². The van der Waals surface area contributed by atoms with Crippen molar-refractivity contribution in [3.63, 3.8) is 0 Å². The number of hydrogen-bond donors (Lipinski definition) is 2. The molecule has 0 saturated carbocycles. The fourth-order valence-electron chi connectivity index (χ4n) is 2.23. The van der Waals surface area contributed by atoms with Gasteiger partial charge in [-0.1, -0.05) is 6.07 Å². The van der Waals surface area contributed by atoms with Crippen molar-refractivity contribution >= 4 is 11.1 Å². The summed E-state index contributed by atoms with van der Waals surface area (Å²) in [7, 11) is 2.16. The third kappa shape index (κ3) is 2.19. The van der Waals surface area contributed by atoms with Crippen molar-refractivity contribution in [3.8, 4) is 0 Å². The smallest absolute Gasteiger partial charge is 0.408 e. The van der Waals surface area contributed by atoms with E-state index >= 15 is 0 Å². The molecule has 1 fully saturated rings. The van der Waals surface area contributed by atoms with Crippen LogP contribution in [0.5, 0.6) is 0 Å². The molecule has 0 radical (unpaired) electrons. The summed E-state index contributed by atoms with van der Waals surface area (Å²) in [6, 6.07) is 6.54. The van der Waals surface area contributed by atoms with Gasteiger partial charge in [-0.05, 0) is 31.2 Å². The lowest BCUT2D eigenvalue weighted by molar-refractivity contribution is 0.182. The van der Waals surface area contributed by atoms with E-state index in [1.807, 2.05) is 18.2 Å². The van der Waals surface area contributed by atoms with E-state index in [1.54, 1.807) is 0 Å². The first kappa shape index (κ1) is 11.5. The SMILES string of the molecule is CN(CCc1ccc2oc(=O)[nH]c2c1)C1CNC1. The van der Waals surface area contributed by atoms with Gasteiger partial charge in [0.1, 0.15) is 0 Å². The minimum absolute atomic E-state index is 0.389. The summed E-state index contributed by atoms with van der Waals surface area (Å²) in [4.78, 5) is 16.1. The number of fused-ring (bicyclic) bond motifs is 1. The molecule has 1 saturated heterocycles. The zero-order valence-electron chi connectivity index (χ0n) is 10.4. The summed E-state index contributed by atoms with van der Waals surface area (Å²) in [6.07, 6.45) is 0.982. The quantitative estimate of drug-likeness (QED) is 0.829. The lowest BCUT2D eigenvalue weighted by Gasteiger charge is -2.35. The second-order valence-corrected chi connectivity index (χ2v) is 4.89. The second-order valence-electron chi connectivity index (χ2n) is 4.89. The van der Waals surface area contributed by atoms with Crippen molar-refractivity contribution in [2.24, 2.45) is 0 Å². The van der Waals surface area contributed by atoms with Gasteiger partial charge in [-0.3, -0.25) is 4.98 Å². The molecular formula is C13H17N3O2. The fourth-order valence-corrected chi connectivity index (χ4v) is 2.23. The van der Waals surface area contributed by atoms with Crippen LogP contribution in [-0.2, 0) is 6.42 Å². The molecule has 0 atom stereocenters. The molecule has 0 unspecified atom stereocenters. The molecule has 1 aliphatic rings. The monoisotopic (exact) mass is 247 g/mol. The molecule has 0 aliphatic carbocycles. The van der Waals surface area contributed by atoms with Crippen molar-refractivity contribution in [1.29, 1.82) is 0 Å². The molecule has 0 amide bonds. The van der Waals surface area contributed by atoms with Gasteiger partial charge in [0, 0.05) is 25.7 Å². The van der Waals surface area contributed by atoms with E-state index in [-0.39, 0.29) is 5.76 Å². The predicted octanol–water partition coefficient (Wildman–Crippen LogP) is 0.567. The minimum Gasteiger partial charge on any atom is -0.408 e. The number of oxazole rings is 1. The van der Waals surface area contributed by atoms with Gasteiger partial charge in [0.25, 0.3) is 0 Å². The number of nitrogens with zero attached hydrogens (tertiary/aromatic N) is 1. The maximum Gasteiger partial charge on any atom is 0.417 e. The van der Waals surface area contributed by atoms with Crippen LogP contribution in [0.15, 0.2) is 27.4 Å². The first-order valence-electron chi connectivity index (χ1n) is 6.25. The number of aromatic amines is 1. The van der Waals surface area contributed by atoms with Gasteiger partial charge in [0.05, 0.1) is 5.52 Å². The number of H-pyrrole nitrogens is 1. The molecule has 0 spiro atoms. The minimum atomic E-state index is -0.389. The van der Waals surface area contributed by atoms with E-state index in [1.165, 1.54) is 5.56 Å². The van der Waals surface area contributed by atoms with Crippen LogP contribution < -0.4 is 11.1 Å². The lowest BCUT2D eigenvalue weighted by Crippen LogP contribution is -2.56. The molecule has 1 aromatic carbocycles. The van der Waals surface area contributed by atoms with Crippen molar-refractivity contribution in [3.05, 3.63) is 34.3 Å². The number of nitrogens with one attached hydrogen (secondary N) is 2. The maximum atomic E-state index is 11.1. The Labute approximate surface area is 105 Å². The Morgan fingerprint density at radius 3 is 3.00 bits per heavy atom. The number of aromatic nitrogens is 1. The van der Waals surface area contributed by atoms with E-state index in [2.05, 4.69) is 22.2 Å². The Hall–Kier alpha value is -1.59. The summed E-state index contributed by atoms with van der Waals surface area (Å²) in [5, 5.41) is 3.27. The molecule has 5 nitrogen and oxygen atoms in total. The van der Waals surface area contributed by atoms with Gasteiger partial charge in [-0.2, -0.15) is 0 Å². The van der Waals surface area contributed by atoms with Crippen LogP contribution in [-0.4, -0.2) is 42.6 Å². The Morgan fingerprint density at radius 2 is 2.28 bits per heavy atom. The van der Waals surface area contributed by atoms with E-state index in [0.717, 1.165) is 31.6 Å². The average Bonchev–Trinajstić information content (AvgIpc) is 2.63. The molecule has 96 valence electrons. The molecule has 1 aromatic heterocycles. The van der Waals surface area contributed by atoms with Crippen LogP contribution in [0.4, 0.5) is 0 Å². The maximum absolute atomic E-state index is 11.1. The first-order chi connectivity index (χ1) is 8.72. The third-order valence-electron chi connectivity index (χ3n) is 3.62. The van der Waals surface area contributed by atoms with Crippen LogP contribution in [0, 0.1) is 0 Å². The Bertz CT molecular complexity index is 598. The van der Waals surface area contributed by atoms with Crippen LogP contribution in [0.2, 0.25) is 0 Å². The van der Waals surface area contributed by atoms with Crippen LogP contribution >= 0.6 is 0 Å². The van der Waals surface area contributed by atoms with Crippen LogP contribution in [0.3, 0.4) is 0 Å². The van der Waals surface area contributed by atoms with Crippen molar-refractivity contribution < 1.29 is 4.42 Å². The highest BCUT2D eigenvalue weighted by molar-refractivity contribution is 5.72. The molecule has 18 heavy (non-hydrogen) atoms. The Morgan fingerprint density at radius 1 is 1.44 bits per heavy atom. The van der Waals surface area contributed by atoms with Gasteiger partial charge in [0.2, 0.25) is 0 Å². The molecule has 2 aromatic rings. The highest BCUT2D eigenvalue weighted by Gasteiger charge is 2.20. The Kier molecular flexibility index (Phi) is 2.93. The zero-order valence-corrected chi connectivity index (χ0v) is 10.4. The standard InChI is InChI=1S/C13H17N3O2/c1-16(10-7-14-8-10)5-4-9-2-3-12-11(6-9)15-13(17)18-12/h2-3,6,10,14H,4-5,7-8H2,1H3,(H,15,17). The fraction of sp³-hybridized carbons (Fsp3) is 0.462. The van der Waals surface area contributed by atoms with E-state index < -0.39 is 0 Å². The molecular weight excluding hydrogens is 230 g/mol. The van der Waals surface area contributed by atoms with Gasteiger partial charge in [-0.15, -0.1) is 0 Å². The molecule has 2 N–H and O–H groups in total. The highest BCUT2D eigenvalue weighted by Crippen LogP contribution is 2.13. The average molecular weight is 247 g/mol. The molecule has 1 aliphatic heterocycles. The van der Waals surface area contributed by atoms with Gasteiger partial charge in [0.15, 0.2) is 5.58 Å². The van der Waals surface area contributed by atoms with Crippen molar-refractivity contribution in [2.75, 3.05) is 26.7 Å². The predicted molar refractivity (Wildman–Crippen MR) is 69.8 cm³/mol. The van der Waals surface area contributed by atoms with E-state index in [4.69, 9.17) is 4.42 Å². The summed E-state index contributed by atoms with van der Waals surface area (Å²) >= 11 is 0. The summed E-state index contributed by atoms with van der Waals surface area (Å²) in [5.74, 6) is -0.389. The molecule has 3 rings (SSSR count). The van der Waals surface area contributed by atoms with Gasteiger partial charge in [-0.25, -0.2) is 4.79 Å². The summed E-state index contributed by atoms with van der Waals surface area (Å²) in [5.41, 5.74) is 2.63. The van der Waals surface area contributed by atoms with Crippen LogP contribution in [0.1, 0.15) is 5.56 Å². The van der Waals surface area contributed by atoms with E-state index in [9.17, 15) is 4.79 Å². The largest absolute Gasteiger partial charge is 0.417 e. The number of likely N-dealkylation sites (N-methyl/N-ethyl adjacent to an activating group) is 1. The number of hydrogen-bond acceptors (Lipinski definition) is 4. The van der Waals surface area contributed by atoms with Crippen LogP contribution in [0.25, 0.3) is 11.1 Å². The van der Waals surface area contributed by atoms with Crippen molar-refractivity contribution in [1.82, 2.24) is 15.2 Å². The topological polar surface area (TPSA) is 61.3 Å². The normalized spacial score (nSPS) is 16.3. The third-order valence-corrected chi connectivity index (χ3v) is 3.62. The van der Waals surface area contributed by atoms with Gasteiger partial charge < -0.3 is 14.6 Å². The number of benzene rings is 1. The molecule has 2 heterocycles. The molecule has 5 heteroatoms. The first-order valence-corrected chi connectivity index (χ1v) is 6.25. The highest BCUT2D eigenvalue weighted by atomic mass is 16.4. The zero-order chi connectivity index (χ0) is 12.5. The van der Waals surface area contributed by atoms with Crippen molar-refractivity contribution in [2.45, 2.75) is 12.5 Å². The lowest BCUT2D eigenvalue weighted by atomic mass is 10.1. The summed E-state index contributed by atoms with van der Waals surface area (Å²) in [6.45, 7) is 3.20.